The number of thioether (sulfide) groups is 2. The van der Waals surface area contributed by atoms with Crippen LogP contribution in [0, 0.1) is 0 Å². The zero-order chi connectivity index (χ0) is 25.8. The van der Waals surface area contributed by atoms with Gasteiger partial charge < -0.3 is 24.8 Å². The molecule has 2 aromatic rings. The Morgan fingerprint density at radius 1 is 1.44 bits per heavy atom. The first-order valence-corrected chi connectivity index (χ1v) is 12.2. The number of tetrazole rings is 1. The maximum absolute atomic E-state index is 13.0. The molecule has 15 nitrogen and oxygen atoms in total. The highest BCUT2D eigenvalue weighted by Crippen LogP contribution is 2.44. The Labute approximate surface area is 210 Å². The quantitative estimate of drug-likeness (QED) is 0.128. The zero-order valence-electron chi connectivity index (χ0n) is 18.5. The van der Waals surface area contributed by atoms with E-state index in [1.807, 2.05) is 0 Å². The minimum absolute atomic E-state index is 0.0774. The summed E-state index contributed by atoms with van der Waals surface area (Å²) in [7, 11) is 1.25. The number of nitrogens with zero attached hydrogens (tertiary/aromatic N) is 5. The van der Waals surface area contributed by atoms with Gasteiger partial charge in [-0.25, -0.2) is 4.79 Å². The van der Waals surface area contributed by atoms with E-state index >= 15 is 0 Å². The van der Waals surface area contributed by atoms with Crippen molar-refractivity contribution >= 4 is 53.0 Å². The van der Waals surface area contributed by atoms with Crippen LogP contribution in [-0.4, -0.2) is 94.7 Å². The molecule has 4 rings (SSSR count). The molecule has 3 atom stereocenters. The molecule has 17 heteroatoms. The smallest absolute Gasteiger partial charge is 0.352 e. The Hall–Kier alpha value is -3.86. The number of aromatic amines is 1. The molecule has 1 saturated heterocycles. The van der Waals surface area contributed by atoms with Crippen LogP contribution in [0.25, 0.3) is 0 Å². The fourth-order valence-electron chi connectivity index (χ4n) is 3.69. The van der Waals surface area contributed by atoms with Crippen LogP contribution in [0.5, 0.6) is 0 Å². The molecule has 36 heavy (non-hydrogen) atoms. The van der Waals surface area contributed by atoms with Crippen LogP contribution in [0.2, 0.25) is 0 Å². The molecule has 0 saturated carbocycles. The van der Waals surface area contributed by atoms with Gasteiger partial charge in [-0.05, 0) is 29.3 Å². The van der Waals surface area contributed by atoms with Crippen molar-refractivity contribution < 1.29 is 38.6 Å². The van der Waals surface area contributed by atoms with E-state index in [0.717, 1.165) is 16.7 Å². The highest BCUT2D eigenvalue weighted by molar-refractivity contribution is 8.01. The first kappa shape index (κ1) is 25.2. The fourth-order valence-corrected chi connectivity index (χ4v) is 6.23. The summed E-state index contributed by atoms with van der Waals surface area (Å²) in [4.78, 5) is 55.1. The highest BCUT2D eigenvalue weighted by Gasteiger charge is 2.55. The Bertz CT molecular complexity index is 1210. The first-order chi connectivity index (χ1) is 17.3. The molecular weight excluding hydrogens is 518 g/mol. The van der Waals surface area contributed by atoms with Gasteiger partial charge in [-0.15, -0.1) is 22.0 Å². The molecule has 2 amide bonds. The molecule has 2 unspecified atom stereocenters. The molecule has 190 valence electrons. The van der Waals surface area contributed by atoms with Gasteiger partial charge in [0.05, 0.1) is 6.26 Å². The van der Waals surface area contributed by atoms with Crippen LogP contribution in [0.1, 0.15) is 18.6 Å². The van der Waals surface area contributed by atoms with Gasteiger partial charge in [0.15, 0.2) is 5.76 Å². The van der Waals surface area contributed by atoms with Gasteiger partial charge in [-0.2, -0.15) is 5.21 Å². The number of rotatable bonds is 11. The van der Waals surface area contributed by atoms with E-state index in [9.17, 15) is 24.3 Å². The highest BCUT2D eigenvalue weighted by atomic mass is 32.2. The molecule has 0 aromatic carbocycles. The predicted octanol–water partition coefficient (Wildman–Crippen LogP) is -0.0925. The number of oxime groups is 1. The number of nitrogens with one attached hydrogen (secondary N) is 2. The lowest BCUT2D eigenvalue weighted by atomic mass is 9.99. The molecule has 4 N–H and O–H groups in total. The van der Waals surface area contributed by atoms with Gasteiger partial charge in [-0.1, -0.05) is 16.9 Å². The number of amides is 2. The number of hydrogen-bond donors (Lipinski definition) is 4. The number of β-lactam (4-membered cyclic amide) rings is 1. The first-order valence-electron chi connectivity index (χ1n) is 10.3. The average Bonchev–Trinajstić information content (AvgIpc) is 3.57. The van der Waals surface area contributed by atoms with Crippen molar-refractivity contribution in [2.45, 2.75) is 34.7 Å². The number of aliphatic carboxylic acids is 2. The fraction of sp³-hybridized carbons (Fsp3) is 0.368. The van der Waals surface area contributed by atoms with Crippen LogP contribution in [-0.2, 0) is 24.0 Å². The van der Waals surface area contributed by atoms with Crippen molar-refractivity contribution in [1.82, 2.24) is 30.8 Å². The SMILES string of the molecule is CON=C(C(=O)NC1C(=O)N2C(C(=O)O)=C(C(CCC(=O)O)Sc3nn[nH]n3)CS[C@@H]12)c1ccco1. The minimum Gasteiger partial charge on any atom is -0.481 e. The number of carboxylic acid groups (broad SMARTS) is 2. The molecule has 0 bridgehead atoms. The Balaban J connectivity index is 1.57. The van der Waals surface area contributed by atoms with Crippen LogP contribution in [0.15, 0.2) is 44.4 Å². The van der Waals surface area contributed by atoms with Crippen molar-refractivity contribution in [2.24, 2.45) is 5.16 Å². The molecule has 0 aliphatic carbocycles. The maximum Gasteiger partial charge on any atom is 0.352 e. The average molecular weight is 538 g/mol. The number of carbonyl (C=O) groups is 4. The summed E-state index contributed by atoms with van der Waals surface area (Å²) in [5.74, 6) is -3.46. The van der Waals surface area contributed by atoms with Crippen molar-refractivity contribution in [3.05, 3.63) is 35.4 Å². The minimum atomic E-state index is -1.35. The van der Waals surface area contributed by atoms with E-state index in [2.05, 4.69) is 31.1 Å². The predicted molar refractivity (Wildman–Crippen MR) is 123 cm³/mol. The van der Waals surface area contributed by atoms with E-state index in [-0.39, 0.29) is 40.9 Å². The summed E-state index contributed by atoms with van der Waals surface area (Å²) < 4.78 is 5.19. The maximum atomic E-state index is 13.0. The normalized spacial score (nSPS) is 20.4. The monoisotopic (exact) mass is 537 g/mol. The topological polar surface area (TPSA) is 213 Å². The van der Waals surface area contributed by atoms with Crippen LogP contribution in [0.3, 0.4) is 0 Å². The van der Waals surface area contributed by atoms with Crippen molar-refractivity contribution in [3.63, 3.8) is 0 Å². The van der Waals surface area contributed by atoms with Crippen molar-refractivity contribution in [2.75, 3.05) is 12.9 Å². The number of fused-ring (bicyclic) bond motifs is 1. The van der Waals surface area contributed by atoms with Crippen molar-refractivity contribution in [3.8, 4) is 0 Å². The molecule has 2 aromatic heterocycles. The van der Waals surface area contributed by atoms with Gasteiger partial charge >= 0.3 is 11.9 Å². The van der Waals surface area contributed by atoms with E-state index in [4.69, 9.17) is 14.4 Å². The molecule has 4 heterocycles. The Morgan fingerprint density at radius 2 is 2.25 bits per heavy atom. The summed E-state index contributed by atoms with van der Waals surface area (Å²) in [6.07, 6.45) is 1.19. The lowest BCUT2D eigenvalue weighted by Crippen LogP contribution is -2.71. The number of furan rings is 1. The molecule has 2 aliphatic rings. The number of H-pyrrole nitrogens is 1. The van der Waals surface area contributed by atoms with Gasteiger partial charge in [0.25, 0.3) is 11.8 Å². The van der Waals surface area contributed by atoms with Gasteiger partial charge in [0, 0.05) is 17.4 Å². The third-order valence-electron chi connectivity index (χ3n) is 5.22. The summed E-state index contributed by atoms with van der Waals surface area (Å²) in [6.45, 7) is 0. The summed E-state index contributed by atoms with van der Waals surface area (Å²) in [5, 5.41) is 37.7. The van der Waals surface area contributed by atoms with Crippen LogP contribution in [0.4, 0.5) is 0 Å². The summed E-state index contributed by atoms with van der Waals surface area (Å²) in [6, 6.07) is 2.04. The second-order valence-corrected chi connectivity index (χ2v) is 9.65. The van der Waals surface area contributed by atoms with E-state index in [1.54, 1.807) is 6.07 Å². The molecule has 2 aliphatic heterocycles. The number of hydrogen-bond acceptors (Lipinski definition) is 12. The van der Waals surface area contributed by atoms with Gasteiger partial charge in [0.2, 0.25) is 10.9 Å². The second kappa shape index (κ2) is 10.8. The third kappa shape index (κ3) is 5.06. The number of carbonyl (C=O) groups excluding carboxylic acids is 2. The molecule has 0 spiro atoms. The Morgan fingerprint density at radius 3 is 2.86 bits per heavy atom. The Kier molecular flexibility index (Phi) is 7.58. The van der Waals surface area contributed by atoms with E-state index < -0.39 is 40.4 Å². The lowest BCUT2D eigenvalue weighted by Gasteiger charge is -2.50. The lowest BCUT2D eigenvalue weighted by molar-refractivity contribution is -0.150. The van der Waals surface area contributed by atoms with Crippen molar-refractivity contribution in [1.29, 1.82) is 0 Å². The largest absolute Gasteiger partial charge is 0.481 e. The number of aromatic nitrogens is 4. The van der Waals surface area contributed by atoms with Gasteiger partial charge in [-0.3, -0.25) is 19.3 Å². The molecular formula is C19H19N7O8S2. The zero-order valence-corrected chi connectivity index (χ0v) is 20.1. The number of carboxylic acids is 2. The van der Waals surface area contributed by atoms with Crippen LogP contribution < -0.4 is 5.32 Å². The summed E-state index contributed by atoms with van der Waals surface area (Å²) >= 11 is 2.29. The third-order valence-corrected chi connectivity index (χ3v) is 7.71. The van der Waals surface area contributed by atoms with E-state index in [0.29, 0.717) is 5.57 Å². The standard InChI is InChI=1S/C19H19N7O8S2/c1-33-23-12(9-3-2-6-34-9)15(29)20-13-16(30)26-14(18(31)32)8(7-35-17(13)26)10(4-5-11(27)28)36-19-21-24-25-22-19/h2-3,6,10,13,17H,4-5,7H2,1H3,(H,20,29)(H,27,28)(H,31,32)(H,21,22,24,25)/t10?,13?,17-/m0/s1. The summed E-state index contributed by atoms with van der Waals surface area (Å²) in [5.41, 5.74) is -0.0814. The molecule has 1 fully saturated rings. The second-order valence-electron chi connectivity index (χ2n) is 7.37. The van der Waals surface area contributed by atoms with Gasteiger partial charge in [0.1, 0.15) is 24.2 Å². The molecule has 0 radical (unpaired) electrons. The van der Waals surface area contributed by atoms with E-state index in [1.165, 1.54) is 31.2 Å². The van der Waals surface area contributed by atoms with Crippen LogP contribution >= 0.6 is 23.5 Å².